The lowest BCUT2D eigenvalue weighted by atomic mass is 9.88. The number of hydrogen-bond donors (Lipinski definition) is 1. The quantitative estimate of drug-likeness (QED) is 0.309. The van der Waals surface area contributed by atoms with E-state index in [2.05, 4.69) is 0 Å². The highest BCUT2D eigenvalue weighted by molar-refractivity contribution is 6.55. The van der Waals surface area contributed by atoms with Crippen molar-refractivity contribution in [2.75, 3.05) is 11.4 Å². The predicted octanol–water partition coefficient (Wildman–Crippen LogP) is 7.02. The third-order valence-electron chi connectivity index (χ3n) is 6.43. The Hall–Kier alpha value is -2.53. The number of nitriles is 1. The second kappa shape index (κ2) is 9.98. The summed E-state index contributed by atoms with van der Waals surface area (Å²) < 4.78 is 12.0. The Balaban J connectivity index is 1.84. The van der Waals surface area contributed by atoms with Crippen molar-refractivity contribution in [3.63, 3.8) is 0 Å². The van der Waals surface area contributed by atoms with E-state index in [4.69, 9.17) is 63.7 Å². The third-order valence-corrected chi connectivity index (χ3v) is 8.23. The lowest BCUT2D eigenvalue weighted by Crippen LogP contribution is -2.35. The van der Waals surface area contributed by atoms with Crippen molar-refractivity contribution >= 4 is 75.5 Å². The molecule has 0 heterocycles. The number of halogens is 6. The van der Waals surface area contributed by atoms with Gasteiger partial charge in [-0.25, -0.2) is 4.39 Å². The fourth-order valence-corrected chi connectivity index (χ4v) is 6.58. The summed E-state index contributed by atoms with van der Waals surface area (Å²) in [6, 6.07) is 14.4. The summed E-state index contributed by atoms with van der Waals surface area (Å²) in [4.78, 5) is 27.9. The molecule has 1 saturated carbocycles. The van der Waals surface area contributed by atoms with Crippen LogP contribution < -0.4 is 10.6 Å². The molecule has 2 amide bonds. The topological polar surface area (TPSA) is 87.2 Å². The Labute approximate surface area is 237 Å². The second-order valence-electron chi connectivity index (χ2n) is 8.45. The molecule has 190 valence electrons. The molecule has 2 atom stereocenters. The van der Waals surface area contributed by atoms with E-state index in [0.717, 1.165) is 12.1 Å². The van der Waals surface area contributed by atoms with Crippen molar-refractivity contribution in [3.05, 3.63) is 97.7 Å². The van der Waals surface area contributed by atoms with Gasteiger partial charge in [-0.2, -0.15) is 5.26 Å². The number of benzene rings is 3. The Morgan fingerprint density at radius 3 is 2.27 bits per heavy atom. The predicted molar refractivity (Wildman–Crippen MR) is 144 cm³/mol. The summed E-state index contributed by atoms with van der Waals surface area (Å²) in [6.45, 7) is 1.83. The third kappa shape index (κ3) is 4.43. The van der Waals surface area contributed by atoms with Crippen LogP contribution in [0.1, 0.15) is 39.9 Å². The summed E-state index contributed by atoms with van der Waals surface area (Å²) in [7, 11) is 0. The SMILES string of the molecule is CCN(C(=O)c1cc(C2(C(N)=O)C(c3cc(Cl)cc(Cl)c3)C2(Cl)Cl)ccc1Cl)c1ccc(F)cc1C#N. The highest BCUT2D eigenvalue weighted by atomic mass is 35.5. The van der Waals surface area contributed by atoms with Crippen LogP contribution in [0.3, 0.4) is 0 Å². The van der Waals surface area contributed by atoms with Crippen LogP contribution in [0.15, 0.2) is 54.6 Å². The van der Waals surface area contributed by atoms with E-state index in [1.807, 2.05) is 6.07 Å². The monoisotopic (exact) mass is 597 g/mol. The first-order chi connectivity index (χ1) is 17.4. The van der Waals surface area contributed by atoms with Crippen molar-refractivity contribution in [2.24, 2.45) is 5.73 Å². The maximum atomic E-state index is 13.7. The van der Waals surface area contributed by atoms with E-state index < -0.39 is 33.3 Å². The molecule has 0 spiro atoms. The molecule has 5 nitrogen and oxygen atoms in total. The average molecular weight is 600 g/mol. The van der Waals surface area contributed by atoms with E-state index >= 15 is 0 Å². The Bertz CT molecular complexity index is 1470. The van der Waals surface area contributed by atoms with Gasteiger partial charge in [-0.15, -0.1) is 0 Å². The molecular weight excluding hydrogens is 583 g/mol. The number of hydrogen-bond acceptors (Lipinski definition) is 3. The number of primary amides is 1. The van der Waals surface area contributed by atoms with Crippen LogP contribution in [0, 0.1) is 17.1 Å². The van der Waals surface area contributed by atoms with Gasteiger partial charge in [0.2, 0.25) is 5.91 Å². The fraction of sp³-hybridized carbons (Fsp3) is 0.192. The summed E-state index contributed by atoms with van der Waals surface area (Å²) in [5.41, 5.74) is 5.16. The lowest BCUT2D eigenvalue weighted by molar-refractivity contribution is -0.120. The number of carbonyl (C=O) groups is 2. The minimum atomic E-state index is -1.68. The van der Waals surface area contributed by atoms with Gasteiger partial charge in [0.1, 0.15) is 21.6 Å². The number of nitrogens with two attached hydrogens (primary N) is 1. The van der Waals surface area contributed by atoms with Crippen molar-refractivity contribution in [2.45, 2.75) is 22.6 Å². The van der Waals surface area contributed by atoms with Crippen molar-refractivity contribution in [1.82, 2.24) is 0 Å². The first-order valence-electron chi connectivity index (χ1n) is 10.8. The van der Waals surface area contributed by atoms with Crippen LogP contribution in [-0.2, 0) is 10.2 Å². The molecule has 0 radical (unpaired) electrons. The Morgan fingerprint density at radius 1 is 1.05 bits per heavy atom. The van der Waals surface area contributed by atoms with Gasteiger partial charge >= 0.3 is 0 Å². The molecule has 3 aromatic carbocycles. The van der Waals surface area contributed by atoms with E-state index in [-0.39, 0.29) is 33.9 Å². The van der Waals surface area contributed by atoms with Gasteiger partial charge in [-0.05, 0) is 66.6 Å². The summed E-state index contributed by atoms with van der Waals surface area (Å²) in [5.74, 6) is -2.86. The van der Waals surface area contributed by atoms with Crippen LogP contribution in [0.2, 0.25) is 15.1 Å². The molecule has 0 saturated heterocycles. The lowest BCUT2D eigenvalue weighted by Gasteiger charge is -2.24. The average Bonchev–Trinajstić information content (AvgIpc) is 3.37. The van der Waals surface area contributed by atoms with Crippen LogP contribution in [-0.4, -0.2) is 22.7 Å². The van der Waals surface area contributed by atoms with Crippen molar-refractivity contribution in [3.8, 4) is 6.07 Å². The molecule has 4 rings (SSSR count). The zero-order chi connectivity index (χ0) is 27.3. The molecule has 0 aliphatic heterocycles. The fourth-order valence-electron chi connectivity index (χ4n) is 4.75. The molecule has 3 aromatic rings. The molecule has 0 aromatic heterocycles. The molecular formula is C26H17Cl5FN3O2. The zero-order valence-electron chi connectivity index (χ0n) is 19.0. The first kappa shape index (κ1) is 27.5. The molecule has 1 fully saturated rings. The number of rotatable bonds is 6. The number of amides is 2. The van der Waals surface area contributed by atoms with E-state index in [1.54, 1.807) is 19.1 Å². The van der Waals surface area contributed by atoms with Gasteiger partial charge < -0.3 is 10.6 Å². The van der Waals surface area contributed by atoms with E-state index in [9.17, 15) is 19.2 Å². The number of nitrogens with zero attached hydrogens (tertiary/aromatic N) is 2. The van der Waals surface area contributed by atoms with Crippen molar-refractivity contribution < 1.29 is 14.0 Å². The van der Waals surface area contributed by atoms with Gasteiger partial charge in [0, 0.05) is 22.5 Å². The molecule has 37 heavy (non-hydrogen) atoms. The second-order valence-corrected chi connectivity index (χ2v) is 11.1. The largest absolute Gasteiger partial charge is 0.369 e. The standard InChI is InChI=1S/C26H17Cl5FN3O2/c1-2-35(21-6-4-18(32)9-14(21)12-33)23(36)19-10-15(3-5-20(19)29)25(24(34)37)22(26(25,30)31)13-7-16(27)11-17(28)8-13/h3-11,22H,2H2,1H3,(H2,34,37). The highest BCUT2D eigenvalue weighted by Crippen LogP contribution is 2.74. The zero-order valence-corrected chi connectivity index (χ0v) is 22.8. The molecule has 1 aliphatic carbocycles. The van der Waals surface area contributed by atoms with Gasteiger partial charge in [0.15, 0.2) is 0 Å². The minimum Gasteiger partial charge on any atom is -0.369 e. The summed E-state index contributed by atoms with van der Waals surface area (Å²) in [6.07, 6.45) is 0. The number of alkyl halides is 2. The first-order valence-corrected chi connectivity index (χ1v) is 12.7. The minimum absolute atomic E-state index is 0.00812. The number of anilines is 1. The van der Waals surface area contributed by atoms with Crippen LogP contribution in [0.4, 0.5) is 10.1 Å². The van der Waals surface area contributed by atoms with E-state index in [0.29, 0.717) is 15.6 Å². The van der Waals surface area contributed by atoms with Gasteiger partial charge in [0.25, 0.3) is 5.91 Å². The smallest absolute Gasteiger partial charge is 0.259 e. The van der Waals surface area contributed by atoms with Crippen LogP contribution in [0.25, 0.3) is 0 Å². The number of carbonyl (C=O) groups excluding carboxylic acids is 2. The molecule has 1 aliphatic rings. The van der Waals surface area contributed by atoms with Gasteiger partial charge in [0.05, 0.1) is 21.8 Å². The maximum absolute atomic E-state index is 13.7. The Morgan fingerprint density at radius 2 is 1.70 bits per heavy atom. The van der Waals surface area contributed by atoms with Crippen LogP contribution >= 0.6 is 58.0 Å². The summed E-state index contributed by atoms with van der Waals surface area (Å²) >= 11 is 32.1. The van der Waals surface area contributed by atoms with E-state index in [1.165, 1.54) is 35.2 Å². The molecule has 0 bridgehead atoms. The highest BCUT2D eigenvalue weighted by Gasteiger charge is 2.80. The van der Waals surface area contributed by atoms with Crippen molar-refractivity contribution in [1.29, 1.82) is 5.26 Å². The normalized spacial score (nSPS) is 19.7. The molecule has 2 unspecified atom stereocenters. The Kier molecular flexibility index (Phi) is 7.42. The molecule has 2 N–H and O–H groups in total. The van der Waals surface area contributed by atoms with Gasteiger partial charge in [-0.3, -0.25) is 9.59 Å². The maximum Gasteiger partial charge on any atom is 0.259 e. The van der Waals surface area contributed by atoms with Gasteiger partial charge in [-0.1, -0.05) is 64.1 Å². The molecule has 11 heteroatoms. The summed E-state index contributed by atoms with van der Waals surface area (Å²) in [5, 5.41) is 10.2. The van der Waals surface area contributed by atoms with Crippen LogP contribution in [0.5, 0.6) is 0 Å².